The van der Waals surface area contributed by atoms with Gasteiger partial charge in [-0.05, 0) is 36.8 Å². The van der Waals surface area contributed by atoms with Crippen molar-refractivity contribution in [3.8, 4) is 0 Å². The van der Waals surface area contributed by atoms with Crippen LogP contribution in [0, 0.1) is 0 Å². The first-order chi connectivity index (χ1) is 8.66. The van der Waals surface area contributed by atoms with Crippen LogP contribution in [0.3, 0.4) is 0 Å². The van der Waals surface area contributed by atoms with Gasteiger partial charge in [0.1, 0.15) is 5.76 Å². The molecule has 2 aromatic rings. The van der Waals surface area contributed by atoms with Crippen molar-refractivity contribution >= 4 is 11.6 Å². The molecule has 1 aromatic carbocycles. The molecule has 0 aliphatic heterocycles. The predicted octanol–water partition coefficient (Wildman–Crippen LogP) is 2.28. The third-order valence-corrected chi connectivity index (χ3v) is 2.82. The average Bonchev–Trinajstić information content (AvgIpc) is 2.88. The topological polar surface area (TPSA) is 68.3 Å². The van der Waals surface area contributed by atoms with Crippen molar-refractivity contribution in [1.82, 2.24) is 5.32 Å². The molecule has 0 saturated heterocycles. The Kier molecular flexibility index (Phi) is 3.67. The third-order valence-electron chi connectivity index (χ3n) is 2.82. The van der Waals surface area contributed by atoms with Gasteiger partial charge in [-0.25, -0.2) is 0 Å². The van der Waals surface area contributed by atoms with E-state index in [9.17, 15) is 4.79 Å². The van der Waals surface area contributed by atoms with E-state index in [1.54, 1.807) is 18.4 Å². The van der Waals surface area contributed by atoms with Gasteiger partial charge in [0.2, 0.25) is 5.91 Å². The van der Waals surface area contributed by atoms with Gasteiger partial charge in [-0.1, -0.05) is 12.1 Å². The third kappa shape index (κ3) is 2.91. The normalized spacial score (nSPS) is 12.1. The molecule has 3 N–H and O–H groups in total. The molecule has 0 aliphatic carbocycles. The Bertz CT molecular complexity index is 520. The monoisotopic (exact) mass is 244 g/mol. The lowest BCUT2D eigenvalue weighted by molar-refractivity contribution is -0.122. The summed E-state index contributed by atoms with van der Waals surface area (Å²) < 4.78 is 5.15. The Hall–Kier alpha value is -2.23. The predicted molar refractivity (Wildman–Crippen MR) is 69.8 cm³/mol. The lowest BCUT2D eigenvalue weighted by atomic mass is 10.00. The maximum Gasteiger partial charge on any atom is 0.227 e. The molecule has 4 nitrogen and oxygen atoms in total. The van der Waals surface area contributed by atoms with Gasteiger partial charge in [0.25, 0.3) is 0 Å². The van der Waals surface area contributed by atoms with Gasteiger partial charge in [0, 0.05) is 5.69 Å². The van der Waals surface area contributed by atoms with E-state index >= 15 is 0 Å². The van der Waals surface area contributed by atoms with E-state index < -0.39 is 0 Å². The average molecular weight is 244 g/mol. The number of amides is 1. The molecule has 18 heavy (non-hydrogen) atoms. The van der Waals surface area contributed by atoms with E-state index in [-0.39, 0.29) is 11.8 Å². The zero-order valence-electron chi connectivity index (χ0n) is 10.2. The van der Waals surface area contributed by atoms with Crippen molar-refractivity contribution in [1.29, 1.82) is 0 Å². The number of nitrogens with two attached hydrogens (primary N) is 1. The molecule has 0 bridgehead atoms. The first-order valence-corrected chi connectivity index (χ1v) is 5.82. The molecular formula is C14H16N2O2. The minimum Gasteiger partial charge on any atom is -0.467 e. The minimum absolute atomic E-state index is 0.0444. The number of carbonyl (C=O) groups excluding carboxylic acids is 1. The molecule has 94 valence electrons. The molecule has 0 radical (unpaired) electrons. The number of rotatable bonds is 4. The molecule has 4 heteroatoms. The van der Waals surface area contributed by atoms with Crippen molar-refractivity contribution < 1.29 is 9.21 Å². The van der Waals surface area contributed by atoms with Crippen molar-refractivity contribution in [3.05, 3.63) is 54.0 Å². The van der Waals surface area contributed by atoms with Crippen molar-refractivity contribution in [2.75, 3.05) is 5.73 Å². The van der Waals surface area contributed by atoms with E-state index in [0.29, 0.717) is 12.2 Å². The molecular weight excluding hydrogens is 228 g/mol. The summed E-state index contributed by atoms with van der Waals surface area (Å²) in [7, 11) is 0. The van der Waals surface area contributed by atoms with Gasteiger partial charge in [0.05, 0.1) is 18.7 Å². The molecule has 0 aliphatic rings. The molecule has 0 spiro atoms. The maximum atomic E-state index is 12.0. The largest absolute Gasteiger partial charge is 0.467 e. The van der Waals surface area contributed by atoms with E-state index in [0.717, 1.165) is 11.3 Å². The molecule has 1 atom stereocenters. The van der Waals surface area contributed by atoms with Crippen LogP contribution in [0.25, 0.3) is 0 Å². The minimum atomic E-state index is -0.233. The summed E-state index contributed by atoms with van der Waals surface area (Å²) in [6.45, 7) is 2.25. The highest BCUT2D eigenvalue weighted by Crippen LogP contribution is 2.17. The molecule has 1 unspecified atom stereocenters. The van der Waals surface area contributed by atoms with Crippen LogP contribution in [0.15, 0.2) is 47.1 Å². The molecule has 1 aromatic heterocycles. The zero-order chi connectivity index (χ0) is 13.0. The maximum absolute atomic E-state index is 12.0. The van der Waals surface area contributed by atoms with Crippen molar-refractivity contribution in [3.63, 3.8) is 0 Å². The van der Waals surface area contributed by atoms with Crippen LogP contribution >= 0.6 is 0 Å². The SMILES string of the molecule is CC(C(=O)NCc1ccco1)c1cccc(N)c1. The number of furan rings is 1. The quantitative estimate of drug-likeness (QED) is 0.811. The van der Waals surface area contributed by atoms with Crippen LogP contribution in [0.1, 0.15) is 24.2 Å². The number of carbonyl (C=O) groups is 1. The Labute approximate surface area is 106 Å². The van der Waals surface area contributed by atoms with E-state index in [1.807, 2.05) is 31.2 Å². The Morgan fingerprint density at radius 3 is 2.89 bits per heavy atom. The van der Waals surface area contributed by atoms with Gasteiger partial charge in [-0.15, -0.1) is 0 Å². The lowest BCUT2D eigenvalue weighted by Crippen LogP contribution is -2.27. The van der Waals surface area contributed by atoms with Gasteiger partial charge in [-0.2, -0.15) is 0 Å². The zero-order valence-corrected chi connectivity index (χ0v) is 10.2. The number of hydrogen-bond donors (Lipinski definition) is 2. The standard InChI is InChI=1S/C14H16N2O2/c1-10(11-4-2-5-12(15)8-11)14(17)16-9-13-6-3-7-18-13/h2-8,10H,9,15H2,1H3,(H,16,17). The number of anilines is 1. The smallest absolute Gasteiger partial charge is 0.227 e. The van der Waals surface area contributed by atoms with E-state index in [2.05, 4.69) is 5.32 Å². The lowest BCUT2D eigenvalue weighted by Gasteiger charge is -2.12. The fraction of sp³-hybridized carbons (Fsp3) is 0.214. The summed E-state index contributed by atoms with van der Waals surface area (Å²) in [6, 6.07) is 11.0. The van der Waals surface area contributed by atoms with Crippen LogP contribution in [0.4, 0.5) is 5.69 Å². The van der Waals surface area contributed by atoms with Crippen LogP contribution < -0.4 is 11.1 Å². The summed E-state index contributed by atoms with van der Waals surface area (Å²) in [5.41, 5.74) is 7.28. The molecule has 0 saturated carbocycles. The fourth-order valence-corrected chi connectivity index (χ4v) is 1.72. The highest BCUT2D eigenvalue weighted by atomic mass is 16.3. The molecule has 0 fully saturated rings. The Balaban J connectivity index is 1.96. The molecule has 2 rings (SSSR count). The summed E-state index contributed by atoms with van der Waals surface area (Å²) in [6.07, 6.45) is 1.59. The highest BCUT2D eigenvalue weighted by Gasteiger charge is 2.15. The van der Waals surface area contributed by atoms with Crippen LogP contribution in [0.2, 0.25) is 0 Å². The van der Waals surface area contributed by atoms with Crippen LogP contribution in [-0.2, 0) is 11.3 Å². The van der Waals surface area contributed by atoms with Gasteiger partial charge in [-0.3, -0.25) is 4.79 Å². The second kappa shape index (κ2) is 5.40. The molecule has 1 heterocycles. The number of nitrogens with one attached hydrogen (secondary N) is 1. The second-order valence-electron chi connectivity index (χ2n) is 4.19. The first kappa shape index (κ1) is 12.2. The van der Waals surface area contributed by atoms with Gasteiger partial charge >= 0.3 is 0 Å². The highest BCUT2D eigenvalue weighted by molar-refractivity contribution is 5.83. The summed E-state index contributed by atoms with van der Waals surface area (Å²) in [4.78, 5) is 12.0. The molecule has 1 amide bonds. The van der Waals surface area contributed by atoms with E-state index in [4.69, 9.17) is 10.2 Å². The summed E-state index contributed by atoms with van der Waals surface area (Å²) >= 11 is 0. The Morgan fingerprint density at radius 2 is 2.22 bits per heavy atom. The van der Waals surface area contributed by atoms with Crippen molar-refractivity contribution in [2.24, 2.45) is 0 Å². The number of hydrogen-bond acceptors (Lipinski definition) is 3. The van der Waals surface area contributed by atoms with Crippen LogP contribution in [-0.4, -0.2) is 5.91 Å². The summed E-state index contributed by atoms with van der Waals surface area (Å²) in [5.74, 6) is 0.462. The Morgan fingerprint density at radius 1 is 1.39 bits per heavy atom. The van der Waals surface area contributed by atoms with Crippen LogP contribution in [0.5, 0.6) is 0 Å². The number of benzene rings is 1. The first-order valence-electron chi connectivity index (χ1n) is 5.82. The van der Waals surface area contributed by atoms with Gasteiger partial charge < -0.3 is 15.5 Å². The second-order valence-corrected chi connectivity index (χ2v) is 4.19. The fourth-order valence-electron chi connectivity index (χ4n) is 1.72. The van der Waals surface area contributed by atoms with Crippen molar-refractivity contribution in [2.45, 2.75) is 19.4 Å². The van der Waals surface area contributed by atoms with Gasteiger partial charge in [0.15, 0.2) is 0 Å². The number of nitrogen functional groups attached to an aromatic ring is 1. The summed E-state index contributed by atoms with van der Waals surface area (Å²) in [5, 5.41) is 2.83. The van der Waals surface area contributed by atoms with E-state index in [1.165, 1.54) is 0 Å².